The summed E-state index contributed by atoms with van der Waals surface area (Å²) < 4.78 is 0. The zero-order valence-corrected chi connectivity index (χ0v) is 13.2. The van der Waals surface area contributed by atoms with Crippen LogP contribution in [0.3, 0.4) is 0 Å². The number of nitrogens with one attached hydrogen (secondary N) is 1. The van der Waals surface area contributed by atoms with E-state index in [1.54, 1.807) is 18.2 Å². The molecule has 1 heterocycles. The smallest absolute Gasteiger partial charge is 0.292 e. The van der Waals surface area contributed by atoms with Crippen molar-refractivity contribution in [2.45, 2.75) is 25.8 Å². The van der Waals surface area contributed by atoms with Crippen molar-refractivity contribution < 1.29 is 4.92 Å². The summed E-state index contributed by atoms with van der Waals surface area (Å²) in [6.07, 6.45) is 1.94. The van der Waals surface area contributed by atoms with Crippen LogP contribution in [0.15, 0.2) is 48.5 Å². The van der Waals surface area contributed by atoms with Crippen LogP contribution in [0.2, 0.25) is 0 Å². The lowest BCUT2D eigenvalue weighted by Gasteiger charge is -2.34. The van der Waals surface area contributed by atoms with Crippen LogP contribution in [0.1, 0.15) is 18.4 Å². The van der Waals surface area contributed by atoms with E-state index in [0.717, 1.165) is 25.9 Å². The molecule has 5 heteroatoms. The topological polar surface area (TPSA) is 58.4 Å². The Hall–Kier alpha value is -2.56. The largest absolute Gasteiger partial charge is 0.377 e. The van der Waals surface area contributed by atoms with Crippen molar-refractivity contribution in [2.75, 3.05) is 23.3 Å². The van der Waals surface area contributed by atoms with Gasteiger partial charge in [-0.05, 0) is 43.5 Å². The molecule has 120 valence electrons. The van der Waals surface area contributed by atoms with Crippen LogP contribution in [0.5, 0.6) is 0 Å². The van der Waals surface area contributed by atoms with E-state index in [1.165, 1.54) is 11.3 Å². The van der Waals surface area contributed by atoms with Gasteiger partial charge in [0.25, 0.3) is 5.69 Å². The fourth-order valence-electron chi connectivity index (χ4n) is 3.08. The molecule has 0 bridgehead atoms. The zero-order valence-electron chi connectivity index (χ0n) is 13.2. The first-order valence-corrected chi connectivity index (χ1v) is 7.95. The van der Waals surface area contributed by atoms with E-state index in [2.05, 4.69) is 41.4 Å². The highest BCUT2D eigenvalue weighted by Gasteiger charge is 2.22. The first-order valence-electron chi connectivity index (χ1n) is 7.95. The lowest BCUT2D eigenvalue weighted by molar-refractivity contribution is -0.384. The molecule has 3 rings (SSSR count). The SMILES string of the molecule is Cc1cccc(N2CCC(Nc3ccccc3[N+](=O)[O-])CC2)c1. The third-order valence-corrected chi connectivity index (χ3v) is 4.32. The number of para-hydroxylation sites is 2. The summed E-state index contributed by atoms with van der Waals surface area (Å²) >= 11 is 0. The summed E-state index contributed by atoms with van der Waals surface area (Å²) in [5.74, 6) is 0. The fraction of sp³-hybridized carbons (Fsp3) is 0.333. The van der Waals surface area contributed by atoms with Crippen LogP contribution < -0.4 is 10.2 Å². The highest BCUT2D eigenvalue weighted by Crippen LogP contribution is 2.27. The molecule has 1 aliphatic rings. The van der Waals surface area contributed by atoms with Crippen molar-refractivity contribution >= 4 is 17.1 Å². The normalized spacial score (nSPS) is 15.4. The van der Waals surface area contributed by atoms with Crippen LogP contribution in [-0.2, 0) is 0 Å². The standard InChI is InChI=1S/C18H21N3O2/c1-14-5-4-6-16(13-14)20-11-9-15(10-12-20)19-17-7-2-3-8-18(17)21(22)23/h2-8,13,15,19H,9-12H2,1H3. The van der Waals surface area contributed by atoms with E-state index in [9.17, 15) is 10.1 Å². The molecule has 0 radical (unpaired) electrons. The third kappa shape index (κ3) is 3.62. The third-order valence-electron chi connectivity index (χ3n) is 4.32. The molecule has 1 aliphatic heterocycles. The maximum absolute atomic E-state index is 11.1. The number of piperidine rings is 1. The summed E-state index contributed by atoms with van der Waals surface area (Å²) in [5, 5.41) is 14.4. The second-order valence-electron chi connectivity index (χ2n) is 6.02. The summed E-state index contributed by atoms with van der Waals surface area (Å²) in [6.45, 7) is 4.02. The molecule has 0 amide bonds. The number of nitrogens with zero attached hydrogens (tertiary/aromatic N) is 2. The van der Waals surface area contributed by atoms with Gasteiger partial charge in [0.05, 0.1) is 4.92 Å². The number of benzene rings is 2. The first kappa shape index (κ1) is 15.3. The molecular formula is C18H21N3O2. The average molecular weight is 311 g/mol. The number of aryl methyl sites for hydroxylation is 1. The minimum atomic E-state index is -0.329. The van der Waals surface area contributed by atoms with E-state index in [-0.39, 0.29) is 16.7 Å². The molecule has 0 unspecified atom stereocenters. The van der Waals surface area contributed by atoms with Gasteiger partial charge >= 0.3 is 0 Å². The lowest BCUT2D eigenvalue weighted by atomic mass is 10.0. The number of hydrogen-bond acceptors (Lipinski definition) is 4. The van der Waals surface area contributed by atoms with Gasteiger partial charge in [-0.1, -0.05) is 24.3 Å². The fourth-order valence-corrected chi connectivity index (χ4v) is 3.08. The quantitative estimate of drug-likeness (QED) is 0.685. The predicted octanol–water partition coefficient (Wildman–Crippen LogP) is 3.98. The Balaban J connectivity index is 1.63. The van der Waals surface area contributed by atoms with Crippen molar-refractivity contribution in [1.82, 2.24) is 0 Å². The second kappa shape index (κ2) is 6.69. The Kier molecular flexibility index (Phi) is 4.46. The van der Waals surface area contributed by atoms with Crippen LogP contribution in [-0.4, -0.2) is 24.1 Å². The number of hydrogen-bond donors (Lipinski definition) is 1. The molecule has 2 aromatic carbocycles. The Bertz CT molecular complexity index is 694. The van der Waals surface area contributed by atoms with Crippen LogP contribution in [0, 0.1) is 17.0 Å². The molecule has 0 aromatic heterocycles. The molecule has 2 aromatic rings. The molecule has 0 aliphatic carbocycles. The van der Waals surface area contributed by atoms with Gasteiger partial charge in [0.1, 0.15) is 5.69 Å². The number of nitro benzene ring substituents is 1. The van der Waals surface area contributed by atoms with E-state index in [1.807, 2.05) is 6.07 Å². The van der Waals surface area contributed by atoms with Crippen LogP contribution in [0.4, 0.5) is 17.1 Å². The van der Waals surface area contributed by atoms with Gasteiger partial charge in [-0.3, -0.25) is 10.1 Å². The minimum absolute atomic E-state index is 0.147. The van der Waals surface area contributed by atoms with Crippen LogP contribution >= 0.6 is 0 Å². The summed E-state index contributed by atoms with van der Waals surface area (Å²) in [7, 11) is 0. The Labute approximate surface area is 136 Å². The first-order chi connectivity index (χ1) is 11.1. The van der Waals surface area contributed by atoms with Gasteiger partial charge in [-0.15, -0.1) is 0 Å². The Morgan fingerprint density at radius 1 is 1.13 bits per heavy atom. The van der Waals surface area contributed by atoms with Crippen LogP contribution in [0.25, 0.3) is 0 Å². The van der Waals surface area contributed by atoms with Gasteiger partial charge in [0, 0.05) is 30.9 Å². The lowest BCUT2D eigenvalue weighted by Crippen LogP contribution is -2.39. The minimum Gasteiger partial charge on any atom is -0.377 e. The number of rotatable bonds is 4. The molecule has 1 saturated heterocycles. The average Bonchev–Trinajstić information content (AvgIpc) is 2.56. The molecule has 23 heavy (non-hydrogen) atoms. The summed E-state index contributed by atoms with van der Waals surface area (Å²) in [4.78, 5) is 13.1. The highest BCUT2D eigenvalue weighted by molar-refractivity contribution is 5.61. The van der Waals surface area contributed by atoms with Crippen molar-refractivity contribution in [3.63, 3.8) is 0 Å². The maximum atomic E-state index is 11.1. The van der Waals surface area contributed by atoms with E-state index in [0.29, 0.717) is 5.69 Å². The summed E-state index contributed by atoms with van der Waals surface area (Å²) in [5.41, 5.74) is 3.29. The van der Waals surface area contributed by atoms with Gasteiger partial charge < -0.3 is 10.2 Å². The summed E-state index contributed by atoms with van der Waals surface area (Å²) in [6, 6.07) is 15.7. The molecule has 1 N–H and O–H groups in total. The predicted molar refractivity (Wildman–Crippen MR) is 93.1 cm³/mol. The Morgan fingerprint density at radius 3 is 2.57 bits per heavy atom. The van der Waals surface area contributed by atoms with Gasteiger partial charge in [-0.2, -0.15) is 0 Å². The van der Waals surface area contributed by atoms with Gasteiger partial charge in [0.2, 0.25) is 0 Å². The van der Waals surface area contributed by atoms with Crippen molar-refractivity contribution in [3.8, 4) is 0 Å². The van der Waals surface area contributed by atoms with Crippen molar-refractivity contribution in [3.05, 3.63) is 64.2 Å². The highest BCUT2D eigenvalue weighted by atomic mass is 16.6. The van der Waals surface area contributed by atoms with Gasteiger partial charge in [0.15, 0.2) is 0 Å². The zero-order chi connectivity index (χ0) is 16.2. The molecule has 1 fully saturated rings. The van der Waals surface area contributed by atoms with Crippen molar-refractivity contribution in [2.24, 2.45) is 0 Å². The second-order valence-corrected chi connectivity index (χ2v) is 6.02. The number of anilines is 2. The van der Waals surface area contributed by atoms with E-state index >= 15 is 0 Å². The van der Waals surface area contributed by atoms with Gasteiger partial charge in [-0.25, -0.2) is 0 Å². The monoisotopic (exact) mass is 311 g/mol. The number of nitro groups is 1. The van der Waals surface area contributed by atoms with E-state index in [4.69, 9.17) is 0 Å². The van der Waals surface area contributed by atoms with E-state index < -0.39 is 0 Å². The molecule has 5 nitrogen and oxygen atoms in total. The maximum Gasteiger partial charge on any atom is 0.292 e. The molecular weight excluding hydrogens is 290 g/mol. The molecule has 0 saturated carbocycles. The Morgan fingerprint density at radius 2 is 1.87 bits per heavy atom. The molecule has 0 atom stereocenters. The van der Waals surface area contributed by atoms with Crippen molar-refractivity contribution in [1.29, 1.82) is 0 Å². The molecule has 0 spiro atoms.